The smallest absolute Gasteiger partial charge is 0.416 e. The van der Waals surface area contributed by atoms with Crippen LogP contribution in [0.25, 0.3) is 0 Å². The van der Waals surface area contributed by atoms with E-state index in [1.54, 1.807) is 19.2 Å². The Balaban J connectivity index is 1.51. The lowest BCUT2D eigenvalue weighted by atomic mass is 9.72. The molecule has 0 aliphatic carbocycles. The first-order valence-corrected chi connectivity index (χ1v) is 13.4. The molecular formula is C29H34F6N2O3. The van der Waals surface area contributed by atoms with E-state index in [9.17, 15) is 31.1 Å². The van der Waals surface area contributed by atoms with Gasteiger partial charge < -0.3 is 19.7 Å². The topological polar surface area (TPSA) is 50.8 Å². The second-order valence-electron chi connectivity index (χ2n) is 10.8. The number of halogens is 6. The van der Waals surface area contributed by atoms with Crippen molar-refractivity contribution >= 4 is 5.91 Å². The third-order valence-corrected chi connectivity index (χ3v) is 7.95. The van der Waals surface area contributed by atoms with Crippen molar-refractivity contribution in [3.05, 3.63) is 64.7 Å². The van der Waals surface area contributed by atoms with Gasteiger partial charge in [0.05, 0.1) is 23.7 Å². The Kier molecular flexibility index (Phi) is 9.34. The third kappa shape index (κ3) is 7.69. The molecule has 2 aliphatic rings. The number of ether oxygens (including phenoxy) is 2. The summed E-state index contributed by atoms with van der Waals surface area (Å²) in [7, 11) is 1.55. The second-order valence-corrected chi connectivity index (χ2v) is 10.8. The van der Waals surface area contributed by atoms with Crippen molar-refractivity contribution in [2.24, 2.45) is 11.3 Å². The molecule has 0 atom stereocenters. The zero-order valence-electron chi connectivity index (χ0n) is 22.3. The molecule has 0 unspecified atom stereocenters. The number of alkyl halides is 6. The molecule has 2 fully saturated rings. The van der Waals surface area contributed by atoms with Crippen LogP contribution >= 0.6 is 0 Å². The van der Waals surface area contributed by atoms with E-state index in [1.165, 1.54) is 0 Å². The van der Waals surface area contributed by atoms with Gasteiger partial charge in [-0.1, -0.05) is 12.1 Å². The first-order valence-electron chi connectivity index (χ1n) is 13.4. The minimum atomic E-state index is -4.95. The number of carbonyl (C=O) groups is 1. The van der Waals surface area contributed by atoms with Crippen LogP contribution in [-0.2, 0) is 34.8 Å². The molecule has 0 saturated carbocycles. The Morgan fingerprint density at radius 3 is 2.05 bits per heavy atom. The van der Waals surface area contributed by atoms with Gasteiger partial charge >= 0.3 is 12.4 Å². The Morgan fingerprint density at radius 2 is 1.52 bits per heavy atom. The minimum absolute atomic E-state index is 0.0879. The van der Waals surface area contributed by atoms with Gasteiger partial charge in [0.15, 0.2) is 0 Å². The lowest BCUT2D eigenvalue weighted by Gasteiger charge is -2.42. The Bertz CT molecular complexity index is 1100. The van der Waals surface area contributed by atoms with Crippen molar-refractivity contribution in [1.29, 1.82) is 0 Å². The number of amides is 1. The molecule has 11 heteroatoms. The van der Waals surface area contributed by atoms with Crippen LogP contribution in [0.5, 0.6) is 5.75 Å². The van der Waals surface area contributed by atoms with E-state index in [0.717, 1.165) is 38.2 Å². The molecule has 2 aromatic rings. The lowest BCUT2D eigenvalue weighted by molar-refractivity contribution is -0.143. The first-order chi connectivity index (χ1) is 18.9. The van der Waals surface area contributed by atoms with Crippen molar-refractivity contribution in [3.8, 4) is 5.75 Å². The van der Waals surface area contributed by atoms with E-state index >= 15 is 0 Å². The van der Waals surface area contributed by atoms with Crippen molar-refractivity contribution in [3.63, 3.8) is 0 Å². The first kappa shape index (κ1) is 30.2. The number of nitrogens with zero attached hydrogens (tertiary/aromatic N) is 1. The van der Waals surface area contributed by atoms with E-state index in [-0.39, 0.29) is 17.5 Å². The fourth-order valence-corrected chi connectivity index (χ4v) is 5.57. The van der Waals surface area contributed by atoms with Crippen LogP contribution in [0.3, 0.4) is 0 Å². The number of nitrogens with one attached hydrogen (secondary N) is 1. The van der Waals surface area contributed by atoms with Crippen LogP contribution < -0.4 is 10.1 Å². The number of likely N-dealkylation sites (tertiary alicyclic amines) is 1. The van der Waals surface area contributed by atoms with Gasteiger partial charge in [0.25, 0.3) is 0 Å². The van der Waals surface area contributed by atoms with E-state index in [1.807, 2.05) is 12.1 Å². The maximum atomic E-state index is 13.7. The summed E-state index contributed by atoms with van der Waals surface area (Å²) in [6, 6.07) is 8.72. The highest BCUT2D eigenvalue weighted by Gasteiger charge is 2.42. The van der Waals surface area contributed by atoms with Gasteiger partial charge in [-0.25, -0.2) is 0 Å². The normalized spacial score (nSPS) is 18.9. The molecular weight excluding hydrogens is 538 g/mol. The fraction of sp³-hybridized carbons (Fsp3) is 0.552. The Labute approximate surface area is 229 Å². The molecule has 40 heavy (non-hydrogen) atoms. The number of hydrogen-bond acceptors (Lipinski definition) is 4. The zero-order chi connectivity index (χ0) is 29.0. The lowest BCUT2D eigenvalue weighted by Crippen LogP contribution is -2.50. The maximum Gasteiger partial charge on any atom is 0.416 e. The van der Waals surface area contributed by atoms with Crippen LogP contribution in [0.2, 0.25) is 0 Å². The molecule has 4 rings (SSSR count). The van der Waals surface area contributed by atoms with Crippen LogP contribution in [0, 0.1) is 11.3 Å². The number of benzene rings is 2. The summed E-state index contributed by atoms with van der Waals surface area (Å²) in [5, 5.41) is 2.67. The van der Waals surface area contributed by atoms with E-state index in [0.29, 0.717) is 56.2 Å². The summed E-state index contributed by atoms with van der Waals surface area (Å²) in [5.74, 6) is 0.818. The maximum absolute atomic E-state index is 13.7. The Hall–Kier alpha value is -2.79. The second kappa shape index (κ2) is 12.4. The van der Waals surface area contributed by atoms with Crippen LogP contribution in [0.15, 0.2) is 42.5 Å². The van der Waals surface area contributed by atoms with Gasteiger partial charge in [-0.05, 0) is 92.6 Å². The summed E-state index contributed by atoms with van der Waals surface area (Å²) >= 11 is 0. The predicted molar refractivity (Wildman–Crippen MR) is 137 cm³/mol. The van der Waals surface area contributed by atoms with Gasteiger partial charge in [-0.2, -0.15) is 26.3 Å². The third-order valence-electron chi connectivity index (χ3n) is 7.95. The molecule has 2 saturated heterocycles. The molecule has 2 aromatic carbocycles. The molecule has 1 amide bonds. The molecule has 0 spiro atoms. The standard InChI is InChI=1S/C29H34F6N2O3/c1-39-25-4-2-20(3-5-25)17-27(8-10-37(11-9-27)19-21-6-12-40-13-7-21)26(38)36-18-22-14-23(28(30,31)32)16-24(15-22)29(33,34)35/h2-5,14-16,21H,6-13,17-19H2,1H3,(H,36,38). The van der Waals surface area contributed by atoms with Crippen molar-refractivity contribution in [1.82, 2.24) is 10.2 Å². The number of hydrogen-bond donors (Lipinski definition) is 1. The molecule has 0 aromatic heterocycles. The van der Waals surface area contributed by atoms with E-state index < -0.39 is 35.4 Å². The highest BCUT2D eigenvalue weighted by molar-refractivity contribution is 5.83. The number of methoxy groups -OCH3 is 1. The average molecular weight is 573 g/mol. The van der Waals surface area contributed by atoms with Gasteiger partial charge in [0.1, 0.15) is 5.75 Å². The molecule has 5 nitrogen and oxygen atoms in total. The molecule has 0 radical (unpaired) electrons. The highest BCUT2D eigenvalue weighted by Crippen LogP contribution is 2.38. The van der Waals surface area contributed by atoms with E-state index in [2.05, 4.69) is 10.2 Å². The fourth-order valence-electron chi connectivity index (χ4n) is 5.57. The quantitative estimate of drug-likeness (QED) is 0.389. The van der Waals surface area contributed by atoms with Crippen LogP contribution in [-0.4, -0.2) is 50.8 Å². The summed E-state index contributed by atoms with van der Waals surface area (Å²) in [6.45, 7) is 3.29. The minimum Gasteiger partial charge on any atom is -0.497 e. The molecule has 2 heterocycles. The zero-order valence-corrected chi connectivity index (χ0v) is 22.3. The molecule has 0 bridgehead atoms. The molecule has 2 aliphatic heterocycles. The summed E-state index contributed by atoms with van der Waals surface area (Å²) in [5.41, 5.74) is -3.02. The van der Waals surface area contributed by atoms with Crippen molar-refractivity contribution < 1.29 is 40.6 Å². The van der Waals surface area contributed by atoms with Crippen molar-refractivity contribution in [2.45, 2.75) is 51.0 Å². The number of rotatable bonds is 8. The SMILES string of the molecule is COc1ccc(CC2(C(=O)NCc3cc(C(F)(F)F)cc(C(F)(F)F)c3)CCN(CC3CCOCC3)CC2)cc1. The molecule has 220 valence electrons. The van der Waals surface area contributed by atoms with Crippen LogP contribution in [0.4, 0.5) is 26.3 Å². The Morgan fingerprint density at radius 1 is 0.950 bits per heavy atom. The largest absolute Gasteiger partial charge is 0.497 e. The molecule has 1 N–H and O–H groups in total. The highest BCUT2D eigenvalue weighted by atomic mass is 19.4. The van der Waals surface area contributed by atoms with E-state index in [4.69, 9.17) is 9.47 Å². The number of carbonyl (C=O) groups excluding carboxylic acids is 1. The predicted octanol–water partition coefficient (Wildman–Crippen LogP) is 6.10. The average Bonchev–Trinajstić information content (AvgIpc) is 2.93. The van der Waals surface area contributed by atoms with Crippen LogP contribution in [0.1, 0.15) is 47.9 Å². The summed E-state index contributed by atoms with van der Waals surface area (Å²) < 4.78 is 90.5. The summed E-state index contributed by atoms with van der Waals surface area (Å²) in [4.78, 5) is 16.0. The van der Waals surface area contributed by atoms with Crippen molar-refractivity contribution in [2.75, 3.05) is 40.0 Å². The van der Waals surface area contributed by atoms with Gasteiger partial charge in [0.2, 0.25) is 5.91 Å². The van der Waals surface area contributed by atoms with Gasteiger partial charge in [0, 0.05) is 26.3 Å². The number of piperidine rings is 1. The van der Waals surface area contributed by atoms with Gasteiger partial charge in [-0.15, -0.1) is 0 Å². The monoisotopic (exact) mass is 572 g/mol. The summed E-state index contributed by atoms with van der Waals surface area (Å²) in [6.07, 6.45) is -6.49. The van der Waals surface area contributed by atoms with Gasteiger partial charge in [-0.3, -0.25) is 4.79 Å².